The molecule has 1 aromatic heterocycles. The molecule has 1 aromatic rings. The minimum Gasteiger partial charge on any atom is -0.309 e. The highest BCUT2D eigenvalue weighted by Crippen LogP contribution is 2.42. The summed E-state index contributed by atoms with van der Waals surface area (Å²) in [5.74, 6) is 0.900. The summed E-state index contributed by atoms with van der Waals surface area (Å²) in [6.45, 7) is 7.36. The van der Waals surface area contributed by atoms with Crippen LogP contribution in [0.2, 0.25) is 0 Å². The second-order valence-electron chi connectivity index (χ2n) is 6.28. The van der Waals surface area contributed by atoms with E-state index in [-0.39, 0.29) is 0 Å². The van der Waals surface area contributed by atoms with Gasteiger partial charge < -0.3 is 15.1 Å². The molecule has 0 radical (unpaired) electrons. The molecule has 0 aromatic carbocycles. The van der Waals surface area contributed by atoms with Crippen LogP contribution >= 0.6 is 11.3 Å². The zero-order chi connectivity index (χ0) is 13.8. The van der Waals surface area contributed by atoms with Crippen molar-refractivity contribution in [1.29, 1.82) is 0 Å². The van der Waals surface area contributed by atoms with E-state index in [1.165, 1.54) is 56.9 Å². The smallest absolute Gasteiger partial charge is 0.0443 e. The normalized spacial score (nSPS) is 23.1. The van der Waals surface area contributed by atoms with E-state index in [4.69, 9.17) is 0 Å². The summed E-state index contributed by atoms with van der Waals surface area (Å²) in [7, 11) is 2.22. The lowest BCUT2D eigenvalue weighted by Gasteiger charge is -2.32. The predicted molar refractivity (Wildman–Crippen MR) is 86.3 cm³/mol. The van der Waals surface area contributed by atoms with Gasteiger partial charge in [0.15, 0.2) is 0 Å². The molecular weight excluding hydrogens is 266 g/mol. The Balaban J connectivity index is 1.36. The molecule has 1 saturated carbocycles. The molecule has 2 heterocycles. The minimum absolute atomic E-state index is 0.627. The molecule has 0 amide bonds. The van der Waals surface area contributed by atoms with Crippen LogP contribution in [0.15, 0.2) is 17.5 Å². The zero-order valence-corrected chi connectivity index (χ0v) is 13.4. The van der Waals surface area contributed by atoms with Crippen LogP contribution in [-0.2, 0) is 0 Å². The van der Waals surface area contributed by atoms with Gasteiger partial charge in [-0.25, -0.2) is 0 Å². The van der Waals surface area contributed by atoms with Gasteiger partial charge in [-0.3, -0.25) is 0 Å². The Hall–Kier alpha value is -0.420. The average Bonchev–Trinajstić information content (AvgIpc) is 3.15. The third-order valence-electron chi connectivity index (χ3n) is 4.55. The van der Waals surface area contributed by atoms with E-state index in [9.17, 15) is 0 Å². The standard InChI is InChI=1S/C16H27N3S/c1-18-9-11-19(12-10-18)8-3-7-17-16(14-5-6-14)15-4-2-13-20-15/h2,4,13-14,16-17H,3,5-12H2,1H3. The van der Waals surface area contributed by atoms with Crippen molar-refractivity contribution in [3.63, 3.8) is 0 Å². The van der Waals surface area contributed by atoms with Crippen molar-refractivity contribution in [2.45, 2.75) is 25.3 Å². The van der Waals surface area contributed by atoms with Gasteiger partial charge in [-0.15, -0.1) is 11.3 Å². The van der Waals surface area contributed by atoms with Crippen molar-refractivity contribution in [2.24, 2.45) is 5.92 Å². The Kier molecular flexibility index (Phi) is 5.10. The van der Waals surface area contributed by atoms with E-state index in [0.717, 1.165) is 12.5 Å². The third kappa shape index (κ3) is 4.04. The first-order chi connectivity index (χ1) is 9.83. The first-order valence-electron chi connectivity index (χ1n) is 8.00. The number of hydrogen-bond donors (Lipinski definition) is 1. The number of likely N-dealkylation sites (N-methyl/N-ethyl adjacent to an activating group) is 1. The maximum atomic E-state index is 3.81. The second kappa shape index (κ2) is 7.03. The average molecular weight is 293 g/mol. The van der Waals surface area contributed by atoms with Crippen molar-refractivity contribution in [3.05, 3.63) is 22.4 Å². The highest BCUT2D eigenvalue weighted by Gasteiger charge is 2.32. The summed E-state index contributed by atoms with van der Waals surface area (Å²) >= 11 is 1.91. The summed E-state index contributed by atoms with van der Waals surface area (Å²) in [6, 6.07) is 5.10. The van der Waals surface area contributed by atoms with Gasteiger partial charge in [-0.2, -0.15) is 0 Å². The zero-order valence-electron chi connectivity index (χ0n) is 12.6. The lowest BCUT2D eigenvalue weighted by molar-refractivity contribution is 0.152. The number of nitrogens with one attached hydrogen (secondary N) is 1. The molecule has 20 heavy (non-hydrogen) atoms. The number of nitrogens with zero attached hydrogens (tertiary/aromatic N) is 2. The molecule has 4 heteroatoms. The summed E-state index contributed by atoms with van der Waals surface area (Å²) in [5, 5.41) is 6.01. The van der Waals surface area contributed by atoms with Crippen molar-refractivity contribution < 1.29 is 0 Å². The first-order valence-corrected chi connectivity index (χ1v) is 8.88. The molecular formula is C16H27N3S. The molecule has 0 spiro atoms. The van der Waals surface area contributed by atoms with Crippen LogP contribution in [0.1, 0.15) is 30.2 Å². The fraction of sp³-hybridized carbons (Fsp3) is 0.750. The fourth-order valence-electron chi connectivity index (χ4n) is 3.03. The van der Waals surface area contributed by atoms with Gasteiger partial charge in [0.1, 0.15) is 0 Å². The Morgan fingerprint density at radius 1 is 1.30 bits per heavy atom. The number of piperazine rings is 1. The molecule has 2 aliphatic rings. The molecule has 1 unspecified atom stereocenters. The summed E-state index contributed by atoms with van der Waals surface area (Å²) in [5.41, 5.74) is 0. The topological polar surface area (TPSA) is 18.5 Å². The molecule has 3 rings (SSSR count). The number of rotatable bonds is 7. The molecule has 2 fully saturated rings. The molecule has 0 bridgehead atoms. The van der Waals surface area contributed by atoms with Crippen LogP contribution in [0, 0.1) is 5.92 Å². The van der Waals surface area contributed by atoms with E-state index in [2.05, 4.69) is 39.7 Å². The van der Waals surface area contributed by atoms with Gasteiger partial charge in [-0.1, -0.05) is 6.07 Å². The SMILES string of the molecule is CN1CCN(CCCNC(c2cccs2)C2CC2)CC1. The molecule has 1 saturated heterocycles. The van der Waals surface area contributed by atoms with Crippen LogP contribution < -0.4 is 5.32 Å². The Bertz CT molecular complexity index is 380. The molecule has 3 nitrogen and oxygen atoms in total. The molecule has 112 valence electrons. The van der Waals surface area contributed by atoms with Gasteiger partial charge in [0.25, 0.3) is 0 Å². The Morgan fingerprint density at radius 2 is 2.10 bits per heavy atom. The summed E-state index contributed by atoms with van der Waals surface area (Å²) in [6.07, 6.45) is 4.10. The largest absolute Gasteiger partial charge is 0.309 e. The van der Waals surface area contributed by atoms with Gasteiger partial charge in [0, 0.05) is 37.1 Å². The van der Waals surface area contributed by atoms with E-state index < -0.39 is 0 Å². The van der Waals surface area contributed by atoms with Crippen molar-refractivity contribution in [3.8, 4) is 0 Å². The monoisotopic (exact) mass is 293 g/mol. The highest BCUT2D eigenvalue weighted by molar-refractivity contribution is 7.10. The summed E-state index contributed by atoms with van der Waals surface area (Å²) < 4.78 is 0. The van der Waals surface area contributed by atoms with Gasteiger partial charge >= 0.3 is 0 Å². The van der Waals surface area contributed by atoms with Crippen molar-refractivity contribution in [2.75, 3.05) is 46.3 Å². The van der Waals surface area contributed by atoms with Crippen molar-refractivity contribution >= 4 is 11.3 Å². The van der Waals surface area contributed by atoms with Crippen LogP contribution in [0.3, 0.4) is 0 Å². The number of thiophene rings is 1. The first kappa shape index (κ1) is 14.5. The second-order valence-corrected chi connectivity index (χ2v) is 7.26. The maximum absolute atomic E-state index is 3.81. The van der Waals surface area contributed by atoms with Crippen molar-refractivity contribution in [1.82, 2.24) is 15.1 Å². The van der Waals surface area contributed by atoms with E-state index in [0.29, 0.717) is 6.04 Å². The highest BCUT2D eigenvalue weighted by atomic mass is 32.1. The van der Waals surface area contributed by atoms with Crippen LogP contribution in [0.5, 0.6) is 0 Å². The molecule has 1 N–H and O–H groups in total. The maximum Gasteiger partial charge on any atom is 0.0443 e. The van der Waals surface area contributed by atoms with Gasteiger partial charge in [0.05, 0.1) is 0 Å². The number of hydrogen-bond acceptors (Lipinski definition) is 4. The lowest BCUT2D eigenvalue weighted by Crippen LogP contribution is -2.45. The predicted octanol–water partition coefficient (Wildman–Crippen LogP) is 2.43. The molecule has 1 atom stereocenters. The lowest BCUT2D eigenvalue weighted by atomic mass is 10.1. The van der Waals surface area contributed by atoms with E-state index in [1.54, 1.807) is 0 Å². The minimum atomic E-state index is 0.627. The quantitative estimate of drug-likeness (QED) is 0.779. The van der Waals surface area contributed by atoms with Gasteiger partial charge in [-0.05, 0) is 56.8 Å². The third-order valence-corrected chi connectivity index (χ3v) is 5.51. The van der Waals surface area contributed by atoms with E-state index >= 15 is 0 Å². The fourth-order valence-corrected chi connectivity index (χ4v) is 3.92. The van der Waals surface area contributed by atoms with Crippen LogP contribution in [0.25, 0.3) is 0 Å². The van der Waals surface area contributed by atoms with Gasteiger partial charge in [0.2, 0.25) is 0 Å². The molecule has 1 aliphatic carbocycles. The summed E-state index contributed by atoms with van der Waals surface area (Å²) in [4.78, 5) is 6.57. The Morgan fingerprint density at radius 3 is 2.75 bits per heavy atom. The van der Waals surface area contributed by atoms with Crippen LogP contribution in [0.4, 0.5) is 0 Å². The molecule has 1 aliphatic heterocycles. The van der Waals surface area contributed by atoms with E-state index in [1.807, 2.05) is 11.3 Å². The van der Waals surface area contributed by atoms with Crippen LogP contribution in [-0.4, -0.2) is 56.1 Å². The Labute approximate surface area is 127 Å².